The summed E-state index contributed by atoms with van der Waals surface area (Å²) < 4.78 is 10.6. The van der Waals surface area contributed by atoms with Gasteiger partial charge in [-0.15, -0.1) is 0 Å². The number of carbonyl (C=O) groups is 1. The molecule has 6 heteroatoms. The number of benzene rings is 1. The van der Waals surface area contributed by atoms with Crippen molar-refractivity contribution in [2.75, 3.05) is 33.0 Å². The van der Waals surface area contributed by atoms with Crippen molar-refractivity contribution < 1.29 is 14.3 Å². The van der Waals surface area contributed by atoms with Crippen molar-refractivity contribution in [2.24, 2.45) is 11.8 Å². The molecule has 2 aliphatic carbocycles. The molecule has 154 valence electrons. The molecule has 4 rings (SSSR count). The SMILES string of the molecule is COc1cc(OC)c(C(=O)N[C@H]2CCN(C3C4CCCC3CCC4)C2)cc1N. The van der Waals surface area contributed by atoms with E-state index < -0.39 is 0 Å². The Morgan fingerprint density at radius 1 is 1.04 bits per heavy atom. The Balaban J connectivity index is 1.42. The molecule has 0 aromatic heterocycles. The molecule has 6 nitrogen and oxygen atoms in total. The lowest BCUT2D eigenvalue weighted by Gasteiger charge is -2.47. The highest BCUT2D eigenvalue weighted by atomic mass is 16.5. The Hall–Kier alpha value is -1.95. The van der Waals surface area contributed by atoms with E-state index in [0.717, 1.165) is 37.4 Å². The summed E-state index contributed by atoms with van der Waals surface area (Å²) in [5.74, 6) is 2.61. The third kappa shape index (κ3) is 3.66. The minimum Gasteiger partial charge on any atom is -0.496 e. The van der Waals surface area contributed by atoms with Crippen LogP contribution in [0.1, 0.15) is 55.3 Å². The van der Waals surface area contributed by atoms with Crippen LogP contribution in [0.2, 0.25) is 0 Å². The van der Waals surface area contributed by atoms with E-state index in [1.807, 2.05) is 0 Å². The average Bonchev–Trinajstić information content (AvgIpc) is 3.15. The highest BCUT2D eigenvalue weighted by Gasteiger charge is 2.42. The molecule has 0 unspecified atom stereocenters. The number of hydrogen-bond donors (Lipinski definition) is 2. The summed E-state index contributed by atoms with van der Waals surface area (Å²) in [6.45, 7) is 2.04. The maximum absolute atomic E-state index is 12.9. The molecule has 1 heterocycles. The standard InChI is InChI=1S/C22H33N3O3/c1-27-19-12-20(28-2)18(23)11-17(19)22(26)24-16-9-10-25(13-16)21-14-5-3-6-15(21)8-4-7-14/h11-12,14-16,21H,3-10,13,23H2,1-2H3,(H,24,26)/t14?,15?,16-,21?/m0/s1. The fourth-order valence-corrected chi connectivity index (χ4v) is 5.78. The van der Waals surface area contributed by atoms with Crippen LogP contribution in [0.3, 0.4) is 0 Å². The predicted octanol–water partition coefficient (Wildman–Crippen LogP) is 3.06. The number of fused-ring (bicyclic) bond motifs is 2. The smallest absolute Gasteiger partial charge is 0.255 e. The molecule has 1 aromatic rings. The van der Waals surface area contributed by atoms with Crippen LogP contribution in [0.15, 0.2) is 12.1 Å². The number of nitrogens with two attached hydrogens (primary N) is 1. The number of rotatable bonds is 5. The van der Waals surface area contributed by atoms with Crippen molar-refractivity contribution in [3.05, 3.63) is 17.7 Å². The van der Waals surface area contributed by atoms with Gasteiger partial charge in [-0.2, -0.15) is 0 Å². The quantitative estimate of drug-likeness (QED) is 0.760. The highest BCUT2D eigenvalue weighted by Crippen LogP contribution is 2.43. The van der Waals surface area contributed by atoms with Crippen LogP contribution < -0.4 is 20.5 Å². The summed E-state index contributed by atoms with van der Waals surface area (Å²) in [5, 5.41) is 3.21. The van der Waals surface area contributed by atoms with Crippen LogP contribution in [-0.4, -0.2) is 50.2 Å². The van der Waals surface area contributed by atoms with Crippen LogP contribution >= 0.6 is 0 Å². The van der Waals surface area contributed by atoms with Crippen molar-refractivity contribution in [2.45, 2.75) is 57.0 Å². The second kappa shape index (κ2) is 8.19. The molecule has 2 saturated carbocycles. The molecule has 28 heavy (non-hydrogen) atoms. The first-order valence-corrected chi connectivity index (χ1v) is 10.7. The molecule has 3 fully saturated rings. The molecular weight excluding hydrogens is 354 g/mol. The first-order valence-electron chi connectivity index (χ1n) is 10.7. The molecule has 1 atom stereocenters. The monoisotopic (exact) mass is 387 g/mol. The lowest BCUT2D eigenvalue weighted by molar-refractivity contribution is 0.0346. The Morgan fingerprint density at radius 3 is 2.29 bits per heavy atom. The topological polar surface area (TPSA) is 76.8 Å². The van der Waals surface area contributed by atoms with Crippen LogP contribution in [0.25, 0.3) is 0 Å². The first-order chi connectivity index (χ1) is 13.6. The zero-order valence-electron chi connectivity index (χ0n) is 17.1. The summed E-state index contributed by atoms with van der Waals surface area (Å²) in [6.07, 6.45) is 9.36. The second-order valence-corrected chi connectivity index (χ2v) is 8.62. The van der Waals surface area contributed by atoms with Gasteiger partial charge in [0.05, 0.1) is 25.5 Å². The third-order valence-electron chi connectivity index (χ3n) is 7.04. The van der Waals surface area contributed by atoms with Gasteiger partial charge < -0.3 is 20.5 Å². The van der Waals surface area contributed by atoms with Crippen LogP contribution in [0.4, 0.5) is 5.69 Å². The molecule has 1 aromatic carbocycles. The summed E-state index contributed by atoms with van der Waals surface area (Å²) in [6, 6.07) is 4.23. The number of nitrogens with one attached hydrogen (secondary N) is 1. The number of anilines is 1. The Kier molecular flexibility index (Phi) is 5.67. The molecule has 3 aliphatic rings. The maximum Gasteiger partial charge on any atom is 0.255 e. The largest absolute Gasteiger partial charge is 0.496 e. The van der Waals surface area contributed by atoms with Gasteiger partial charge in [-0.25, -0.2) is 0 Å². The fourth-order valence-electron chi connectivity index (χ4n) is 5.78. The van der Waals surface area contributed by atoms with Crippen LogP contribution in [0, 0.1) is 11.8 Å². The molecule has 1 aliphatic heterocycles. The normalized spacial score (nSPS) is 30.1. The van der Waals surface area contributed by atoms with Gasteiger partial charge in [-0.05, 0) is 50.0 Å². The van der Waals surface area contributed by atoms with Gasteiger partial charge in [0.15, 0.2) is 0 Å². The Bertz CT molecular complexity index is 701. The number of likely N-dealkylation sites (tertiary alicyclic amines) is 1. The van der Waals surface area contributed by atoms with Gasteiger partial charge in [0.2, 0.25) is 0 Å². The van der Waals surface area contributed by atoms with Gasteiger partial charge in [0.25, 0.3) is 5.91 Å². The van der Waals surface area contributed by atoms with Crippen molar-refractivity contribution in [3.8, 4) is 11.5 Å². The highest BCUT2D eigenvalue weighted by molar-refractivity contribution is 5.98. The summed E-state index contributed by atoms with van der Waals surface area (Å²) >= 11 is 0. The summed E-state index contributed by atoms with van der Waals surface area (Å²) in [5.41, 5.74) is 6.91. The first kappa shape index (κ1) is 19.4. The van der Waals surface area contributed by atoms with E-state index in [1.54, 1.807) is 26.4 Å². The number of nitrogen functional groups attached to an aromatic ring is 1. The van der Waals surface area contributed by atoms with Crippen LogP contribution in [-0.2, 0) is 0 Å². The Morgan fingerprint density at radius 2 is 1.68 bits per heavy atom. The number of ether oxygens (including phenoxy) is 2. The zero-order chi connectivity index (χ0) is 19.7. The number of methoxy groups -OCH3 is 2. The molecule has 2 bridgehead atoms. The average molecular weight is 388 g/mol. The van der Waals surface area contributed by atoms with Crippen molar-refractivity contribution in [3.63, 3.8) is 0 Å². The van der Waals surface area contributed by atoms with Gasteiger partial charge in [0, 0.05) is 31.2 Å². The molecular formula is C22H33N3O3. The molecule has 3 N–H and O–H groups in total. The molecule has 0 spiro atoms. The van der Waals surface area contributed by atoms with E-state index in [9.17, 15) is 4.79 Å². The van der Waals surface area contributed by atoms with Gasteiger partial charge in [0.1, 0.15) is 11.5 Å². The minimum atomic E-state index is -0.123. The predicted molar refractivity (Wildman–Crippen MR) is 110 cm³/mol. The van der Waals surface area contributed by atoms with E-state index in [0.29, 0.717) is 22.7 Å². The molecule has 1 saturated heterocycles. The van der Waals surface area contributed by atoms with E-state index in [1.165, 1.54) is 38.5 Å². The molecule has 0 radical (unpaired) electrons. The summed E-state index contributed by atoms with van der Waals surface area (Å²) in [7, 11) is 3.11. The van der Waals surface area contributed by atoms with E-state index in [-0.39, 0.29) is 11.9 Å². The number of amides is 1. The lowest BCUT2D eigenvalue weighted by Crippen LogP contribution is -2.50. The van der Waals surface area contributed by atoms with E-state index in [2.05, 4.69) is 10.2 Å². The van der Waals surface area contributed by atoms with Crippen LogP contribution in [0.5, 0.6) is 11.5 Å². The Labute approximate surface area is 167 Å². The van der Waals surface area contributed by atoms with E-state index >= 15 is 0 Å². The van der Waals surface area contributed by atoms with Crippen molar-refractivity contribution in [1.29, 1.82) is 0 Å². The fraction of sp³-hybridized carbons (Fsp3) is 0.682. The maximum atomic E-state index is 12.9. The third-order valence-corrected chi connectivity index (χ3v) is 7.04. The number of nitrogens with zero attached hydrogens (tertiary/aromatic N) is 1. The van der Waals surface area contributed by atoms with E-state index in [4.69, 9.17) is 15.2 Å². The summed E-state index contributed by atoms with van der Waals surface area (Å²) in [4.78, 5) is 15.6. The second-order valence-electron chi connectivity index (χ2n) is 8.62. The van der Waals surface area contributed by atoms with Crippen molar-refractivity contribution in [1.82, 2.24) is 10.2 Å². The van der Waals surface area contributed by atoms with Gasteiger partial charge >= 0.3 is 0 Å². The van der Waals surface area contributed by atoms with Gasteiger partial charge in [-0.3, -0.25) is 9.69 Å². The number of hydrogen-bond acceptors (Lipinski definition) is 5. The minimum absolute atomic E-state index is 0.123. The number of carbonyl (C=O) groups excluding carboxylic acids is 1. The lowest BCUT2D eigenvalue weighted by atomic mass is 9.68. The van der Waals surface area contributed by atoms with Gasteiger partial charge in [-0.1, -0.05) is 12.8 Å². The molecule has 1 amide bonds. The van der Waals surface area contributed by atoms with Crippen molar-refractivity contribution >= 4 is 11.6 Å². The zero-order valence-corrected chi connectivity index (χ0v) is 17.1.